The zero-order valence-corrected chi connectivity index (χ0v) is 21.5. The fourth-order valence-corrected chi connectivity index (χ4v) is 6.66. The lowest BCUT2D eigenvalue weighted by Crippen LogP contribution is -2.57. The third kappa shape index (κ3) is 2.96. The second-order valence-corrected chi connectivity index (χ2v) is 10.5. The molecule has 9 rings (SSSR count). The van der Waals surface area contributed by atoms with Crippen molar-refractivity contribution in [2.45, 2.75) is 0 Å². The zero-order chi connectivity index (χ0) is 26.2. The van der Waals surface area contributed by atoms with Crippen molar-refractivity contribution in [1.82, 2.24) is 4.57 Å². The number of aromatic nitrogens is 1. The number of fused-ring (bicyclic) bond motifs is 7. The van der Waals surface area contributed by atoms with Crippen molar-refractivity contribution >= 4 is 44.9 Å². The maximum atomic E-state index is 6.59. The largest absolute Gasteiger partial charge is 0.458 e. The molecule has 0 saturated heterocycles. The highest BCUT2D eigenvalue weighted by Gasteiger charge is 2.40. The van der Waals surface area contributed by atoms with Crippen molar-refractivity contribution in [3.63, 3.8) is 0 Å². The summed E-state index contributed by atoms with van der Waals surface area (Å²) in [4.78, 5) is 0. The molecule has 0 unspecified atom stereocenters. The molecule has 3 heterocycles. The van der Waals surface area contributed by atoms with Gasteiger partial charge in [-0.1, -0.05) is 84.9 Å². The van der Waals surface area contributed by atoms with Crippen LogP contribution in [0.2, 0.25) is 0 Å². The molecule has 1 aromatic heterocycles. The Bertz CT molecular complexity index is 2060. The van der Waals surface area contributed by atoms with Gasteiger partial charge in [-0.2, -0.15) is 0 Å². The van der Waals surface area contributed by atoms with E-state index in [0.29, 0.717) is 0 Å². The number of para-hydroxylation sites is 4. The number of hydrogen-bond acceptors (Lipinski definition) is 2. The second-order valence-electron chi connectivity index (χ2n) is 10.5. The van der Waals surface area contributed by atoms with Crippen LogP contribution in [0.25, 0.3) is 38.6 Å². The van der Waals surface area contributed by atoms with Crippen LogP contribution in [-0.2, 0) is 0 Å². The average Bonchev–Trinajstić information content (AvgIpc) is 3.36. The smallest absolute Gasteiger partial charge is 0.260 e. The standard InChI is InChI=1S/C36H22BNO2/c1-2-11-24(12-3-1)38-29-17-7-4-13-26(29)35-25(14-10-18-30(35)38)23-21-33-36-34(22-23)40-32-20-9-6-16-28(32)37(36)27-15-5-8-19-31(27)39-33/h1-22H. The van der Waals surface area contributed by atoms with Crippen LogP contribution < -0.4 is 25.9 Å². The maximum Gasteiger partial charge on any atom is 0.260 e. The van der Waals surface area contributed by atoms with Crippen molar-refractivity contribution < 1.29 is 9.47 Å². The normalized spacial score (nSPS) is 12.8. The summed E-state index contributed by atoms with van der Waals surface area (Å²) in [6.45, 7) is 0.0738. The third-order valence-electron chi connectivity index (χ3n) is 8.32. The fourth-order valence-electron chi connectivity index (χ4n) is 6.66. The summed E-state index contributed by atoms with van der Waals surface area (Å²) < 4.78 is 15.5. The molecule has 0 N–H and O–H groups in total. The van der Waals surface area contributed by atoms with Gasteiger partial charge in [0.05, 0.1) is 11.0 Å². The Balaban J connectivity index is 1.33. The van der Waals surface area contributed by atoms with Crippen molar-refractivity contribution in [3.05, 3.63) is 133 Å². The quantitative estimate of drug-likeness (QED) is 0.230. The summed E-state index contributed by atoms with van der Waals surface area (Å²) in [6.07, 6.45) is 0. The van der Waals surface area contributed by atoms with E-state index < -0.39 is 0 Å². The molecule has 40 heavy (non-hydrogen) atoms. The summed E-state index contributed by atoms with van der Waals surface area (Å²) in [7, 11) is 0. The van der Waals surface area contributed by atoms with Crippen LogP contribution >= 0.6 is 0 Å². The van der Waals surface area contributed by atoms with Crippen molar-refractivity contribution in [2.75, 3.05) is 0 Å². The SMILES string of the molecule is c1ccc(-n2c3ccccc3c3c(-c4cc5c6c(c4)Oc4ccccc4B6c4ccccc4O5)cccc32)cc1. The predicted molar refractivity (Wildman–Crippen MR) is 164 cm³/mol. The monoisotopic (exact) mass is 511 g/mol. The lowest BCUT2D eigenvalue weighted by molar-refractivity contribution is 0.465. The second kappa shape index (κ2) is 8.14. The molecule has 0 saturated carbocycles. The predicted octanol–water partition coefficient (Wildman–Crippen LogP) is 7.18. The molecular formula is C36H22BNO2. The Morgan fingerprint density at radius 2 is 1.10 bits per heavy atom. The number of ether oxygens (including phenoxy) is 2. The number of benzene rings is 6. The van der Waals surface area contributed by atoms with Crippen LogP contribution in [0.3, 0.4) is 0 Å². The summed E-state index contributed by atoms with van der Waals surface area (Å²) in [5.74, 6) is 3.52. The molecule has 0 atom stereocenters. The molecule has 0 spiro atoms. The molecule has 0 amide bonds. The Labute approximate surface area is 231 Å². The van der Waals surface area contributed by atoms with E-state index in [1.807, 2.05) is 12.1 Å². The molecule has 4 heteroatoms. The third-order valence-corrected chi connectivity index (χ3v) is 8.32. The van der Waals surface area contributed by atoms with E-state index >= 15 is 0 Å². The van der Waals surface area contributed by atoms with Crippen LogP contribution in [0.4, 0.5) is 0 Å². The zero-order valence-electron chi connectivity index (χ0n) is 21.5. The van der Waals surface area contributed by atoms with Crippen molar-refractivity contribution in [1.29, 1.82) is 0 Å². The van der Waals surface area contributed by atoms with E-state index in [-0.39, 0.29) is 6.71 Å². The van der Waals surface area contributed by atoms with Crippen LogP contribution in [0.15, 0.2) is 133 Å². The van der Waals surface area contributed by atoms with E-state index in [4.69, 9.17) is 9.47 Å². The van der Waals surface area contributed by atoms with E-state index in [2.05, 4.69) is 126 Å². The summed E-state index contributed by atoms with van der Waals surface area (Å²) in [6, 6.07) is 46.9. The number of nitrogens with zero attached hydrogens (tertiary/aromatic N) is 1. The van der Waals surface area contributed by atoms with Gasteiger partial charge < -0.3 is 14.0 Å². The van der Waals surface area contributed by atoms with E-state index in [9.17, 15) is 0 Å². The molecule has 3 nitrogen and oxygen atoms in total. The van der Waals surface area contributed by atoms with Crippen LogP contribution in [0, 0.1) is 0 Å². The minimum atomic E-state index is 0.0738. The van der Waals surface area contributed by atoms with E-state index in [1.54, 1.807) is 0 Å². The van der Waals surface area contributed by atoms with Gasteiger partial charge >= 0.3 is 0 Å². The first-order chi connectivity index (χ1) is 19.8. The van der Waals surface area contributed by atoms with Crippen LogP contribution in [0.1, 0.15) is 0 Å². The molecule has 6 aromatic carbocycles. The first-order valence-electron chi connectivity index (χ1n) is 13.6. The maximum absolute atomic E-state index is 6.59. The van der Waals surface area contributed by atoms with Crippen LogP contribution in [-0.4, -0.2) is 11.3 Å². The topological polar surface area (TPSA) is 23.4 Å². The van der Waals surface area contributed by atoms with Gasteiger partial charge in [-0.25, -0.2) is 0 Å². The lowest BCUT2D eigenvalue weighted by Gasteiger charge is -2.33. The molecule has 0 radical (unpaired) electrons. The van der Waals surface area contributed by atoms with Gasteiger partial charge in [-0.15, -0.1) is 0 Å². The molecule has 186 valence electrons. The van der Waals surface area contributed by atoms with Gasteiger partial charge in [0.25, 0.3) is 6.71 Å². The first-order valence-corrected chi connectivity index (χ1v) is 13.6. The summed E-state index contributed by atoms with van der Waals surface area (Å²) in [5.41, 5.74) is 9.18. The molecule has 2 aliphatic rings. The van der Waals surface area contributed by atoms with Crippen molar-refractivity contribution in [3.8, 4) is 39.8 Å². The molecule has 7 aromatic rings. The lowest BCUT2D eigenvalue weighted by atomic mass is 9.35. The summed E-state index contributed by atoms with van der Waals surface area (Å²) >= 11 is 0. The van der Waals surface area contributed by atoms with Gasteiger partial charge in [-0.05, 0) is 70.6 Å². The highest BCUT2D eigenvalue weighted by Crippen LogP contribution is 2.42. The van der Waals surface area contributed by atoms with Gasteiger partial charge in [0.15, 0.2) is 0 Å². The van der Waals surface area contributed by atoms with Crippen LogP contribution in [0.5, 0.6) is 23.0 Å². The fraction of sp³-hybridized carbons (Fsp3) is 0. The number of hydrogen-bond donors (Lipinski definition) is 0. The Morgan fingerprint density at radius 1 is 0.500 bits per heavy atom. The Hall–Kier alpha value is -5.22. The summed E-state index contributed by atoms with van der Waals surface area (Å²) in [5, 5.41) is 2.44. The molecule has 0 bridgehead atoms. The average molecular weight is 511 g/mol. The molecule has 2 aliphatic heterocycles. The van der Waals surface area contributed by atoms with Gasteiger partial charge in [0.2, 0.25) is 0 Å². The van der Waals surface area contributed by atoms with Crippen molar-refractivity contribution in [2.24, 2.45) is 0 Å². The molecule has 0 fully saturated rings. The van der Waals surface area contributed by atoms with E-state index in [0.717, 1.165) is 45.3 Å². The molecule has 0 aliphatic carbocycles. The van der Waals surface area contributed by atoms with Gasteiger partial charge in [0, 0.05) is 21.9 Å². The number of rotatable bonds is 2. The highest BCUT2D eigenvalue weighted by atomic mass is 16.5. The first kappa shape index (κ1) is 21.7. The molecular weight excluding hydrogens is 489 g/mol. The van der Waals surface area contributed by atoms with E-state index in [1.165, 1.54) is 32.7 Å². The minimum Gasteiger partial charge on any atom is -0.458 e. The Morgan fingerprint density at radius 3 is 1.82 bits per heavy atom. The minimum absolute atomic E-state index is 0.0738. The highest BCUT2D eigenvalue weighted by molar-refractivity contribution is 6.98. The van der Waals surface area contributed by atoms with Gasteiger partial charge in [-0.3, -0.25) is 0 Å². The Kier molecular flexibility index (Phi) is 4.41. The van der Waals surface area contributed by atoms with Gasteiger partial charge in [0.1, 0.15) is 23.0 Å².